The Kier molecular flexibility index (Phi) is 47.6. The van der Waals surface area contributed by atoms with E-state index in [0.717, 1.165) is 64.2 Å². The number of allylic oxidation sites excluding steroid dienone is 2. The Morgan fingerprint density at radius 3 is 1.10 bits per heavy atom. The van der Waals surface area contributed by atoms with Gasteiger partial charge in [-0.3, -0.25) is 4.79 Å². The second-order valence-electron chi connectivity index (χ2n) is 26.1. The summed E-state index contributed by atoms with van der Waals surface area (Å²) in [6.07, 6.45) is 30.2. The van der Waals surface area contributed by atoms with Gasteiger partial charge in [0.15, 0.2) is 18.9 Å². The molecule has 3 saturated heterocycles. The van der Waals surface area contributed by atoms with E-state index in [9.17, 15) is 61.0 Å². The van der Waals surface area contributed by atoms with Crippen LogP contribution >= 0.6 is 0 Å². The summed E-state index contributed by atoms with van der Waals surface area (Å²) >= 11 is 0. The molecule has 0 bridgehead atoms. The molecule has 3 rings (SSSR count). The molecule has 3 aliphatic rings. The molecule has 0 saturated carbocycles. The summed E-state index contributed by atoms with van der Waals surface area (Å²) in [5.41, 5.74) is 0. The van der Waals surface area contributed by atoms with Gasteiger partial charge in [0.2, 0.25) is 5.91 Å². The molecule has 0 radical (unpaired) electrons. The van der Waals surface area contributed by atoms with Crippen LogP contribution in [0, 0.1) is 0 Å². The molecule has 1 amide bonds. The maximum Gasteiger partial charge on any atom is 0.220 e. The number of unbranched alkanes of at least 4 members (excludes halogenated alkanes) is 38. The van der Waals surface area contributed by atoms with Crippen LogP contribution in [0.25, 0.3) is 0 Å². The molecule has 0 aliphatic carbocycles. The Morgan fingerprint density at radius 1 is 0.398 bits per heavy atom. The quantitative estimate of drug-likeness (QED) is 0.0199. The summed E-state index contributed by atoms with van der Waals surface area (Å²) in [6, 6.07) is -0.889. The monoisotopic (exact) mass is 1260 g/mol. The van der Waals surface area contributed by atoms with Gasteiger partial charge >= 0.3 is 0 Å². The van der Waals surface area contributed by atoms with Crippen molar-refractivity contribution in [1.29, 1.82) is 0 Å². The molecule has 19 nitrogen and oxygen atoms in total. The van der Waals surface area contributed by atoms with Gasteiger partial charge in [-0.25, -0.2) is 0 Å². The Balaban J connectivity index is 1.39. The van der Waals surface area contributed by atoms with Gasteiger partial charge in [-0.15, -0.1) is 0 Å². The number of nitrogens with one attached hydrogen (secondary N) is 1. The van der Waals surface area contributed by atoms with E-state index in [2.05, 4.69) is 31.3 Å². The van der Waals surface area contributed by atoms with Crippen LogP contribution in [0.5, 0.6) is 0 Å². The fourth-order valence-electron chi connectivity index (χ4n) is 12.5. The predicted octanol–water partition coefficient (Wildman–Crippen LogP) is 9.67. The van der Waals surface area contributed by atoms with E-state index >= 15 is 0 Å². The Labute approximate surface area is 531 Å². The summed E-state index contributed by atoms with van der Waals surface area (Å²) in [6.45, 7) is 1.82. The first-order valence-corrected chi connectivity index (χ1v) is 35.9. The molecule has 19 heteroatoms. The van der Waals surface area contributed by atoms with Crippen molar-refractivity contribution in [1.82, 2.24) is 5.32 Å². The van der Waals surface area contributed by atoms with Crippen LogP contribution in [0.4, 0.5) is 0 Å². The van der Waals surface area contributed by atoms with Crippen molar-refractivity contribution >= 4 is 5.91 Å². The van der Waals surface area contributed by atoms with E-state index in [0.29, 0.717) is 12.8 Å². The van der Waals surface area contributed by atoms with Gasteiger partial charge < -0.3 is 89.9 Å². The normalized spacial score (nSPS) is 28.4. The molecule has 3 heterocycles. The van der Waals surface area contributed by atoms with Crippen molar-refractivity contribution in [2.24, 2.45) is 0 Å². The van der Waals surface area contributed by atoms with Gasteiger partial charge in [0.1, 0.15) is 73.2 Å². The third-order valence-electron chi connectivity index (χ3n) is 18.3. The standard InChI is InChI=1S/C69H131NO18/c1-3-5-7-9-11-13-15-17-19-20-21-22-23-24-25-26-27-28-29-30-31-33-34-36-38-40-42-44-46-53(74)52(70-57(75)47-45-43-41-39-37-35-32-18-16-14-12-10-8-6-4-2)51-83-67-63(81)60(78)65(55(49-72)85-67)88-69-64(82)61(79)66(56(50-73)86-69)87-68-62(80)59(77)58(76)54(48-71)84-68/h18,32,52-56,58-69,71-74,76-82H,3-17,19-31,33-51H2,1-2H3,(H,70,75)/b32-18-. The molecular formula is C69H131NO18. The van der Waals surface area contributed by atoms with Gasteiger partial charge in [-0.1, -0.05) is 257 Å². The summed E-state index contributed by atoms with van der Waals surface area (Å²) in [5, 5.41) is 121. The maximum atomic E-state index is 13.4. The van der Waals surface area contributed by atoms with Gasteiger partial charge in [0, 0.05) is 6.42 Å². The van der Waals surface area contributed by atoms with Crippen molar-refractivity contribution in [3.63, 3.8) is 0 Å². The number of carbonyl (C=O) groups excluding carboxylic acids is 1. The molecule has 0 spiro atoms. The molecule has 0 aromatic heterocycles. The Hall–Kier alpha value is -1.47. The number of carbonyl (C=O) groups is 1. The lowest BCUT2D eigenvalue weighted by atomic mass is 9.96. The highest BCUT2D eigenvalue weighted by Crippen LogP contribution is 2.33. The minimum Gasteiger partial charge on any atom is -0.394 e. The number of hydrogen-bond donors (Lipinski definition) is 12. The lowest BCUT2D eigenvalue weighted by Crippen LogP contribution is -2.66. The number of aliphatic hydroxyl groups is 11. The minimum atomic E-state index is -1.97. The second-order valence-corrected chi connectivity index (χ2v) is 26.1. The van der Waals surface area contributed by atoms with Crippen molar-refractivity contribution in [2.75, 3.05) is 26.4 Å². The fraction of sp³-hybridized carbons (Fsp3) is 0.957. The van der Waals surface area contributed by atoms with E-state index in [1.807, 2.05) is 0 Å². The Bertz CT molecular complexity index is 1650. The lowest BCUT2D eigenvalue weighted by molar-refractivity contribution is -0.379. The number of hydrogen-bond acceptors (Lipinski definition) is 18. The molecule has 88 heavy (non-hydrogen) atoms. The van der Waals surface area contributed by atoms with Gasteiger partial charge in [-0.05, 0) is 38.5 Å². The van der Waals surface area contributed by atoms with Gasteiger partial charge in [-0.2, -0.15) is 0 Å². The summed E-state index contributed by atoms with van der Waals surface area (Å²) in [7, 11) is 0. The molecule has 520 valence electrons. The van der Waals surface area contributed by atoms with Crippen LogP contribution in [0.1, 0.15) is 290 Å². The van der Waals surface area contributed by atoms with E-state index in [1.54, 1.807) is 0 Å². The SMILES string of the molecule is CCCCCCCC/C=C\CCCCCCCC(=O)NC(COC1OC(CO)C(OC2OC(CO)C(OC3OC(CO)C(O)C(O)C3O)C(O)C2O)C(O)C1O)C(O)CCCCCCCCCCCCCCCCCCCCCCCCCCCCCC. The third-order valence-corrected chi connectivity index (χ3v) is 18.3. The largest absolute Gasteiger partial charge is 0.394 e. The number of aliphatic hydroxyl groups excluding tert-OH is 11. The first-order chi connectivity index (χ1) is 42.8. The zero-order valence-electron chi connectivity index (χ0n) is 55.0. The van der Waals surface area contributed by atoms with E-state index in [-0.39, 0.29) is 18.9 Å². The van der Waals surface area contributed by atoms with Crippen molar-refractivity contribution in [3.05, 3.63) is 12.2 Å². The highest BCUT2D eigenvalue weighted by atomic mass is 16.8. The third kappa shape index (κ3) is 33.6. The van der Waals surface area contributed by atoms with Crippen LogP contribution in [-0.2, 0) is 33.2 Å². The lowest BCUT2D eigenvalue weighted by Gasteiger charge is -2.48. The smallest absolute Gasteiger partial charge is 0.220 e. The van der Waals surface area contributed by atoms with Gasteiger partial charge in [0.05, 0.1) is 38.6 Å². The summed E-state index contributed by atoms with van der Waals surface area (Å²) < 4.78 is 34.4. The molecule has 0 aromatic carbocycles. The average molecular weight is 1260 g/mol. The maximum absolute atomic E-state index is 13.4. The fourth-order valence-corrected chi connectivity index (χ4v) is 12.5. The zero-order chi connectivity index (χ0) is 64.0. The number of amides is 1. The summed E-state index contributed by atoms with van der Waals surface area (Å²) in [4.78, 5) is 13.4. The molecule has 0 aromatic rings. The zero-order valence-corrected chi connectivity index (χ0v) is 55.0. The van der Waals surface area contributed by atoms with Crippen LogP contribution in [0.3, 0.4) is 0 Å². The second kappa shape index (κ2) is 51.9. The number of ether oxygens (including phenoxy) is 6. The van der Waals surface area contributed by atoms with Crippen molar-refractivity contribution < 1.29 is 89.4 Å². The topological polar surface area (TPSA) is 307 Å². The van der Waals surface area contributed by atoms with E-state index in [4.69, 9.17) is 28.4 Å². The minimum absolute atomic E-state index is 0.247. The molecule has 17 atom stereocenters. The first kappa shape index (κ1) is 80.8. The average Bonchev–Trinajstić information content (AvgIpc) is 3.59. The predicted molar refractivity (Wildman–Crippen MR) is 342 cm³/mol. The van der Waals surface area contributed by atoms with Gasteiger partial charge in [0.25, 0.3) is 0 Å². The van der Waals surface area contributed by atoms with Crippen molar-refractivity contribution in [3.8, 4) is 0 Å². The Morgan fingerprint density at radius 2 is 0.716 bits per heavy atom. The van der Waals surface area contributed by atoms with E-state index in [1.165, 1.54) is 193 Å². The van der Waals surface area contributed by atoms with Crippen LogP contribution in [0.2, 0.25) is 0 Å². The van der Waals surface area contributed by atoms with Crippen molar-refractivity contribution in [2.45, 2.75) is 394 Å². The van der Waals surface area contributed by atoms with E-state index < -0.39 is 124 Å². The number of rotatable bonds is 56. The molecule has 3 fully saturated rings. The molecule has 17 unspecified atom stereocenters. The first-order valence-electron chi connectivity index (χ1n) is 35.9. The highest BCUT2D eigenvalue weighted by molar-refractivity contribution is 5.76. The highest BCUT2D eigenvalue weighted by Gasteiger charge is 2.53. The van der Waals surface area contributed by atoms with Crippen LogP contribution < -0.4 is 5.32 Å². The van der Waals surface area contributed by atoms with Crippen LogP contribution in [0.15, 0.2) is 12.2 Å². The molecular weight excluding hydrogens is 1130 g/mol. The van der Waals surface area contributed by atoms with Crippen LogP contribution in [-0.4, -0.2) is 193 Å². The molecule has 12 N–H and O–H groups in total. The molecule has 3 aliphatic heterocycles. The summed E-state index contributed by atoms with van der Waals surface area (Å²) in [5.74, 6) is -0.247.